The average molecular weight is 703 g/mol. The van der Waals surface area contributed by atoms with Crippen LogP contribution in [0.4, 0.5) is 0 Å². The molecular formula is C38H75N2O7P. The van der Waals surface area contributed by atoms with Crippen LogP contribution in [0.3, 0.4) is 0 Å². The zero-order valence-electron chi connectivity index (χ0n) is 30.8. The molecule has 0 spiro atoms. The molecule has 0 saturated carbocycles. The standard InChI is InChI=1S/C38H75N2O7P/c1-3-5-7-9-11-13-15-17-19-21-23-25-27-29-35(41)33-38(43)40-36(34-47-48(44,45)46-32-31-39)37(42)30-28-26-24-22-20-18-16-14-12-10-8-6-4-2/h20,22,28,30,35-37,41-42H,3-19,21,23-27,29,31-34,39H2,1-2H3,(H,40,43)(H,44,45)/b22-20+,30-28+. The highest BCUT2D eigenvalue weighted by molar-refractivity contribution is 7.47. The third-order valence-electron chi connectivity index (χ3n) is 8.58. The van der Waals surface area contributed by atoms with Gasteiger partial charge in [0, 0.05) is 6.54 Å². The Morgan fingerprint density at radius 3 is 1.73 bits per heavy atom. The molecule has 0 radical (unpaired) electrons. The molecule has 9 nitrogen and oxygen atoms in total. The third kappa shape index (κ3) is 32.2. The number of aliphatic hydroxyl groups is 2. The average Bonchev–Trinajstić information content (AvgIpc) is 3.06. The topological polar surface area (TPSA) is 151 Å². The van der Waals surface area contributed by atoms with E-state index in [1.165, 1.54) is 109 Å². The number of phosphoric ester groups is 1. The smallest absolute Gasteiger partial charge is 0.393 e. The fourth-order valence-electron chi connectivity index (χ4n) is 5.60. The highest BCUT2D eigenvalue weighted by atomic mass is 31.2. The summed E-state index contributed by atoms with van der Waals surface area (Å²) in [7, 11) is -4.40. The monoisotopic (exact) mass is 703 g/mol. The fraction of sp³-hybridized carbons (Fsp3) is 0.868. The van der Waals surface area contributed by atoms with Gasteiger partial charge in [-0.2, -0.15) is 0 Å². The first-order chi connectivity index (χ1) is 23.3. The Hall–Kier alpha value is -1.06. The van der Waals surface area contributed by atoms with Crippen LogP contribution >= 0.6 is 7.82 Å². The minimum Gasteiger partial charge on any atom is -0.393 e. The molecule has 0 bridgehead atoms. The minimum atomic E-state index is -4.40. The van der Waals surface area contributed by atoms with Crippen molar-refractivity contribution in [3.8, 4) is 0 Å². The van der Waals surface area contributed by atoms with E-state index >= 15 is 0 Å². The molecular weight excluding hydrogens is 627 g/mol. The van der Waals surface area contributed by atoms with Gasteiger partial charge in [0.15, 0.2) is 0 Å². The SMILES string of the molecule is CCCCCCCCC/C=C/CC/C=C/C(O)C(COP(=O)(O)OCCN)NC(=O)CC(O)CCCCCCCCCCCCCCC. The number of amides is 1. The Morgan fingerprint density at radius 2 is 1.19 bits per heavy atom. The van der Waals surface area contributed by atoms with Crippen molar-refractivity contribution >= 4 is 13.7 Å². The molecule has 284 valence electrons. The number of phosphoric acid groups is 1. The van der Waals surface area contributed by atoms with Crippen LogP contribution in [0.15, 0.2) is 24.3 Å². The van der Waals surface area contributed by atoms with Gasteiger partial charge in [0.2, 0.25) is 5.91 Å². The molecule has 0 aliphatic carbocycles. The quantitative estimate of drug-likeness (QED) is 0.0246. The lowest BCUT2D eigenvalue weighted by Crippen LogP contribution is -2.46. The molecule has 48 heavy (non-hydrogen) atoms. The molecule has 0 saturated heterocycles. The van der Waals surface area contributed by atoms with Crippen molar-refractivity contribution in [1.29, 1.82) is 0 Å². The van der Waals surface area contributed by atoms with Gasteiger partial charge in [-0.25, -0.2) is 4.57 Å². The summed E-state index contributed by atoms with van der Waals surface area (Å²) in [5.41, 5.74) is 5.34. The Labute approximate surface area is 294 Å². The predicted octanol–water partition coefficient (Wildman–Crippen LogP) is 9.19. The predicted molar refractivity (Wildman–Crippen MR) is 200 cm³/mol. The molecule has 0 aromatic rings. The Balaban J connectivity index is 4.46. The summed E-state index contributed by atoms with van der Waals surface area (Å²) in [6, 6.07) is -0.993. The van der Waals surface area contributed by atoms with Crippen LogP contribution in [0.2, 0.25) is 0 Å². The van der Waals surface area contributed by atoms with Gasteiger partial charge in [-0.3, -0.25) is 13.8 Å². The number of nitrogens with one attached hydrogen (secondary N) is 1. The van der Waals surface area contributed by atoms with Gasteiger partial charge >= 0.3 is 7.82 Å². The van der Waals surface area contributed by atoms with Gasteiger partial charge in [0.1, 0.15) is 0 Å². The number of aliphatic hydroxyl groups excluding tert-OH is 2. The van der Waals surface area contributed by atoms with E-state index in [0.29, 0.717) is 12.8 Å². The molecule has 1 amide bonds. The van der Waals surface area contributed by atoms with Crippen LogP contribution in [0.1, 0.15) is 174 Å². The number of carbonyl (C=O) groups excluding carboxylic acids is 1. The Morgan fingerprint density at radius 1 is 0.708 bits per heavy atom. The third-order valence-corrected chi connectivity index (χ3v) is 9.57. The summed E-state index contributed by atoms with van der Waals surface area (Å²) in [4.78, 5) is 22.6. The number of allylic oxidation sites excluding steroid dienone is 3. The van der Waals surface area contributed by atoms with Gasteiger partial charge in [-0.1, -0.05) is 160 Å². The lowest BCUT2D eigenvalue weighted by Gasteiger charge is -2.24. The van der Waals surface area contributed by atoms with Crippen LogP contribution in [-0.2, 0) is 18.4 Å². The highest BCUT2D eigenvalue weighted by Crippen LogP contribution is 2.43. The van der Waals surface area contributed by atoms with Crippen molar-refractivity contribution in [2.45, 2.75) is 193 Å². The van der Waals surface area contributed by atoms with E-state index in [1.807, 2.05) is 6.08 Å². The summed E-state index contributed by atoms with van der Waals surface area (Å²) in [6.45, 7) is 3.92. The van der Waals surface area contributed by atoms with Gasteiger partial charge in [-0.05, 0) is 32.1 Å². The van der Waals surface area contributed by atoms with Gasteiger partial charge in [0.25, 0.3) is 0 Å². The van der Waals surface area contributed by atoms with Gasteiger partial charge < -0.3 is 26.2 Å². The van der Waals surface area contributed by atoms with Crippen molar-refractivity contribution in [2.75, 3.05) is 19.8 Å². The molecule has 0 aromatic heterocycles. The van der Waals surface area contributed by atoms with Crippen LogP contribution < -0.4 is 11.1 Å². The van der Waals surface area contributed by atoms with Crippen molar-refractivity contribution < 1.29 is 33.5 Å². The summed E-state index contributed by atoms with van der Waals surface area (Å²) in [6.07, 6.45) is 34.0. The molecule has 0 aliphatic heterocycles. The Kier molecular flexibility index (Phi) is 33.6. The number of hydrogen-bond acceptors (Lipinski definition) is 7. The zero-order valence-corrected chi connectivity index (χ0v) is 31.7. The van der Waals surface area contributed by atoms with Gasteiger partial charge in [0.05, 0.1) is 37.9 Å². The van der Waals surface area contributed by atoms with Crippen molar-refractivity contribution in [2.24, 2.45) is 5.73 Å². The number of rotatable bonds is 36. The van der Waals surface area contributed by atoms with E-state index in [0.717, 1.165) is 32.1 Å². The lowest BCUT2D eigenvalue weighted by molar-refractivity contribution is -0.124. The molecule has 4 atom stereocenters. The molecule has 0 rings (SSSR count). The molecule has 4 unspecified atom stereocenters. The first kappa shape index (κ1) is 46.9. The minimum absolute atomic E-state index is 0.0457. The number of unbranched alkanes of at least 4 members (excludes halogenated alkanes) is 20. The summed E-state index contributed by atoms with van der Waals surface area (Å²) in [5.74, 6) is -0.456. The first-order valence-electron chi connectivity index (χ1n) is 19.5. The second-order valence-corrected chi connectivity index (χ2v) is 14.8. The van der Waals surface area contributed by atoms with E-state index in [1.54, 1.807) is 6.08 Å². The normalized spacial score (nSPS) is 15.2. The van der Waals surface area contributed by atoms with Crippen molar-refractivity contribution in [3.63, 3.8) is 0 Å². The van der Waals surface area contributed by atoms with E-state index in [2.05, 4.69) is 31.3 Å². The maximum atomic E-state index is 12.7. The fourth-order valence-corrected chi connectivity index (χ4v) is 6.36. The molecule has 0 fully saturated rings. The van der Waals surface area contributed by atoms with Crippen molar-refractivity contribution in [1.82, 2.24) is 5.32 Å². The second kappa shape index (κ2) is 34.4. The van der Waals surface area contributed by atoms with Gasteiger partial charge in [-0.15, -0.1) is 0 Å². The second-order valence-electron chi connectivity index (χ2n) is 13.3. The first-order valence-corrected chi connectivity index (χ1v) is 21.0. The number of nitrogens with two attached hydrogens (primary N) is 1. The molecule has 6 N–H and O–H groups in total. The highest BCUT2D eigenvalue weighted by Gasteiger charge is 2.27. The summed E-state index contributed by atoms with van der Waals surface area (Å²) < 4.78 is 22.0. The maximum Gasteiger partial charge on any atom is 0.472 e. The van der Waals surface area contributed by atoms with Crippen LogP contribution in [-0.4, -0.2) is 59.0 Å². The Bertz CT molecular complexity index is 827. The van der Waals surface area contributed by atoms with E-state index in [9.17, 15) is 24.5 Å². The van der Waals surface area contributed by atoms with E-state index in [4.69, 9.17) is 14.8 Å². The number of carbonyl (C=O) groups is 1. The lowest BCUT2D eigenvalue weighted by atomic mass is 10.0. The molecule has 10 heteroatoms. The molecule has 0 heterocycles. The summed E-state index contributed by atoms with van der Waals surface area (Å²) >= 11 is 0. The van der Waals surface area contributed by atoms with Crippen LogP contribution in [0.5, 0.6) is 0 Å². The largest absolute Gasteiger partial charge is 0.472 e. The summed E-state index contributed by atoms with van der Waals surface area (Å²) in [5, 5.41) is 23.9. The van der Waals surface area contributed by atoms with E-state index in [-0.39, 0.29) is 19.6 Å². The molecule has 0 aliphatic rings. The maximum absolute atomic E-state index is 12.7. The number of hydrogen-bond donors (Lipinski definition) is 5. The van der Waals surface area contributed by atoms with Crippen molar-refractivity contribution in [3.05, 3.63) is 24.3 Å². The molecule has 0 aromatic carbocycles. The zero-order chi connectivity index (χ0) is 35.6. The van der Waals surface area contributed by atoms with E-state index < -0.39 is 38.6 Å². The van der Waals surface area contributed by atoms with Crippen LogP contribution in [0.25, 0.3) is 0 Å². The van der Waals surface area contributed by atoms with Crippen LogP contribution in [0, 0.1) is 0 Å².